The zero-order chi connectivity index (χ0) is 35.0. The van der Waals surface area contributed by atoms with Crippen molar-refractivity contribution in [1.82, 2.24) is 5.32 Å². The lowest BCUT2D eigenvalue weighted by molar-refractivity contribution is -0.142. The number of aliphatic carboxylic acids is 1. The van der Waals surface area contributed by atoms with Crippen LogP contribution in [0, 0.1) is 5.41 Å². The number of carbonyl (C=O) groups is 2. The number of carboxylic acids is 1. The van der Waals surface area contributed by atoms with Gasteiger partial charge in [-0.15, -0.1) is 0 Å². The van der Waals surface area contributed by atoms with Crippen LogP contribution in [0.25, 0.3) is 0 Å². The van der Waals surface area contributed by atoms with Gasteiger partial charge in [0, 0.05) is 22.9 Å². The molecular weight excluding hydrogens is 644 g/mol. The first-order chi connectivity index (χ1) is 23.6. The number of nitrogens with two attached hydrogens (primary N) is 1. The van der Waals surface area contributed by atoms with Gasteiger partial charge in [0.25, 0.3) is 0 Å². The largest absolute Gasteiger partial charge is 0.493 e. The lowest BCUT2D eigenvalue weighted by Gasteiger charge is -2.26. The molecule has 2 atom stereocenters. The maximum Gasteiger partial charge on any atom is 0.330 e. The van der Waals surface area contributed by atoms with E-state index < -0.39 is 33.8 Å². The van der Waals surface area contributed by atoms with Gasteiger partial charge in [-0.2, -0.15) is 0 Å². The molecule has 49 heavy (non-hydrogen) atoms. The summed E-state index contributed by atoms with van der Waals surface area (Å²) in [7, 11) is -2.91. The van der Waals surface area contributed by atoms with Gasteiger partial charge in [-0.3, -0.25) is 10.2 Å². The maximum absolute atomic E-state index is 14.3. The molecule has 0 spiro atoms. The highest BCUT2D eigenvalue weighted by atomic mass is 32.2. The fourth-order valence-electron chi connectivity index (χ4n) is 5.11. The second-order valence-corrected chi connectivity index (χ2v) is 12.8. The minimum atomic E-state index is -4.30. The Kier molecular flexibility index (Phi) is 10.6. The molecule has 0 heterocycles. The Balaban J connectivity index is 1.67. The normalized spacial score (nSPS) is 12.3. The summed E-state index contributed by atoms with van der Waals surface area (Å²) in [6.45, 7) is 0.101. The number of anilines is 1. The second kappa shape index (κ2) is 15.2. The van der Waals surface area contributed by atoms with E-state index in [9.17, 15) is 23.1 Å². The number of benzene rings is 5. The third-order valence-corrected chi connectivity index (χ3v) is 9.45. The smallest absolute Gasteiger partial charge is 0.330 e. The van der Waals surface area contributed by atoms with E-state index in [1.807, 2.05) is 30.3 Å². The number of methoxy groups -OCH3 is 1. The molecule has 0 saturated carbocycles. The first kappa shape index (κ1) is 34.2. The number of ether oxygens (including phenoxy) is 2. The van der Waals surface area contributed by atoms with Gasteiger partial charge in [0.1, 0.15) is 18.5 Å². The molecular formula is C37H34N4O7S. The summed E-state index contributed by atoms with van der Waals surface area (Å²) < 4.78 is 40.4. The van der Waals surface area contributed by atoms with E-state index in [1.165, 1.54) is 31.4 Å². The Morgan fingerprint density at radius 1 is 0.816 bits per heavy atom. The molecule has 5 aromatic rings. The van der Waals surface area contributed by atoms with Crippen LogP contribution in [0.4, 0.5) is 5.69 Å². The molecule has 0 bridgehead atoms. The average molecular weight is 679 g/mol. The van der Waals surface area contributed by atoms with E-state index in [0.29, 0.717) is 16.8 Å². The molecule has 1 amide bonds. The van der Waals surface area contributed by atoms with E-state index in [1.54, 1.807) is 72.8 Å². The van der Waals surface area contributed by atoms with Crippen LogP contribution < -0.4 is 25.8 Å². The van der Waals surface area contributed by atoms with Crippen LogP contribution in [0.2, 0.25) is 0 Å². The SMILES string of the molecule is COc1cc(C(Nc2ccc(C(=N)N)cc2)C(=O)N[C@H](C(=O)O)c2ccccc2)c(S(=O)(=O)c2ccccc2)cc1OCc1ccccc1. The van der Waals surface area contributed by atoms with Gasteiger partial charge in [0.05, 0.1) is 16.9 Å². The molecule has 0 saturated heterocycles. The summed E-state index contributed by atoms with van der Waals surface area (Å²) in [5, 5.41) is 23.5. The Labute approximate surface area is 283 Å². The topological polar surface area (TPSA) is 181 Å². The lowest BCUT2D eigenvalue weighted by Crippen LogP contribution is -2.39. The Morgan fingerprint density at radius 3 is 1.98 bits per heavy atom. The Hall–Kier alpha value is -6.14. The molecule has 12 heteroatoms. The van der Waals surface area contributed by atoms with Gasteiger partial charge in [-0.05, 0) is 53.6 Å². The summed E-state index contributed by atoms with van der Waals surface area (Å²) >= 11 is 0. The van der Waals surface area contributed by atoms with Crippen molar-refractivity contribution in [2.75, 3.05) is 12.4 Å². The van der Waals surface area contributed by atoms with Crippen molar-refractivity contribution in [2.45, 2.75) is 28.5 Å². The standard InChI is InChI=1S/C37H34N4O7S/c1-47-30-21-29(32(49(45,46)28-15-9-4-10-16-28)22-31(30)48-23-24-11-5-2-6-12-24)34(40-27-19-17-26(18-20-27)35(38)39)36(42)41-33(37(43)44)25-13-7-3-8-14-25/h2-22,33-34,40H,23H2,1H3,(H3,38,39)(H,41,42)(H,43,44)/t33-,34?/m0/s1. The maximum atomic E-state index is 14.3. The molecule has 0 aliphatic rings. The molecule has 0 aliphatic carbocycles. The minimum absolute atomic E-state index is 0.0295. The van der Waals surface area contributed by atoms with Crippen molar-refractivity contribution in [3.8, 4) is 11.5 Å². The van der Waals surface area contributed by atoms with E-state index in [0.717, 1.165) is 5.56 Å². The first-order valence-electron chi connectivity index (χ1n) is 15.1. The van der Waals surface area contributed by atoms with Gasteiger partial charge >= 0.3 is 5.97 Å². The molecule has 5 rings (SSSR count). The van der Waals surface area contributed by atoms with Gasteiger partial charge in [-0.1, -0.05) is 78.9 Å². The highest BCUT2D eigenvalue weighted by Gasteiger charge is 2.34. The van der Waals surface area contributed by atoms with Gasteiger partial charge in [0.15, 0.2) is 17.5 Å². The zero-order valence-corrected chi connectivity index (χ0v) is 27.2. The number of amides is 1. The van der Waals surface area contributed by atoms with Crippen molar-refractivity contribution >= 4 is 33.2 Å². The van der Waals surface area contributed by atoms with Crippen LogP contribution in [0.3, 0.4) is 0 Å². The molecule has 0 radical (unpaired) electrons. The molecule has 0 fully saturated rings. The highest BCUT2D eigenvalue weighted by Crippen LogP contribution is 2.39. The van der Waals surface area contributed by atoms with Crippen LogP contribution in [0.1, 0.15) is 34.3 Å². The third kappa shape index (κ3) is 8.06. The van der Waals surface area contributed by atoms with Crippen molar-refractivity contribution < 1.29 is 32.6 Å². The summed E-state index contributed by atoms with van der Waals surface area (Å²) in [6.07, 6.45) is 0. The average Bonchev–Trinajstić information content (AvgIpc) is 3.12. The lowest BCUT2D eigenvalue weighted by atomic mass is 10.0. The number of rotatable bonds is 14. The molecule has 1 unspecified atom stereocenters. The van der Waals surface area contributed by atoms with Crippen molar-refractivity contribution in [3.05, 3.63) is 150 Å². The summed E-state index contributed by atoms with van der Waals surface area (Å²) in [4.78, 5) is 26.4. The molecule has 11 nitrogen and oxygen atoms in total. The molecule has 250 valence electrons. The molecule has 6 N–H and O–H groups in total. The monoisotopic (exact) mass is 678 g/mol. The molecule has 0 aliphatic heterocycles. The van der Waals surface area contributed by atoms with E-state index in [-0.39, 0.29) is 39.3 Å². The summed E-state index contributed by atoms with van der Waals surface area (Å²) in [5.41, 5.74) is 7.53. The van der Waals surface area contributed by atoms with Crippen LogP contribution >= 0.6 is 0 Å². The van der Waals surface area contributed by atoms with Gasteiger partial charge in [0.2, 0.25) is 15.7 Å². The summed E-state index contributed by atoms with van der Waals surface area (Å²) in [5.74, 6) is -2.07. The number of nitrogen functional groups attached to an aromatic ring is 1. The zero-order valence-electron chi connectivity index (χ0n) is 26.4. The number of hydrogen-bond acceptors (Lipinski definition) is 8. The van der Waals surface area contributed by atoms with Crippen LogP contribution in [-0.4, -0.2) is 38.3 Å². The number of hydrogen-bond donors (Lipinski definition) is 5. The number of nitrogens with one attached hydrogen (secondary N) is 3. The summed E-state index contributed by atoms with van der Waals surface area (Å²) in [6, 6.07) is 31.2. The third-order valence-electron chi connectivity index (χ3n) is 7.62. The highest BCUT2D eigenvalue weighted by molar-refractivity contribution is 7.91. The molecule has 0 aromatic heterocycles. The predicted octanol–water partition coefficient (Wildman–Crippen LogP) is 5.49. The van der Waals surface area contributed by atoms with Gasteiger partial charge < -0.3 is 30.9 Å². The second-order valence-electron chi connectivity index (χ2n) is 10.9. The quantitative estimate of drug-likeness (QED) is 0.0750. The van der Waals surface area contributed by atoms with Crippen molar-refractivity contribution in [2.24, 2.45) is 5.73 Å². The van der Waals surface area contributed by atoms with E-state index in [4.69, 9.17) is 20.6 Å². The fourth-order valence-corrected chi connectivity index (χ4v) is 6.62. The number of amidine groups is 1. The van der Waals surface area contributed by atoms with Crippen LogP contribution in [0.15, 0.2) is 137 Å². The van der Waals surface area contributed by atoms with Crippen LogP contribution in [0.5, 0.6) is 11.5 Å². The van der Waals surface area contributed by atoms with E-state index >= 15 is 0 Å². The fraction of sp³-hybridized carbons (Fsp3) is 0.108. The van der Waals surface area contributed by atoms with Gasteiger partial charge in [-0.25, -0.2) is 13.2 Å². The molecule has 5 aromatic carbocycles. The van der Waals surface area contributed by atoms with Crippen molar-refractivity contribution in [1.29, 1.82) is 5.41 Å². The van der Waals surface area contributed by atoms with Crippen molar-refractivity contribution in [3.63, 3.8) is 0 Å². The Bertz CT molecular complexity index is 2040. The Morgan fingerprint density at radius 2 is 1.41 bits per heavy atom. The number of sulfone groups is 1. The number of carboxylic acid groups (broad SMARTS) is 1. The first-order valence-corrected chi connectivity index (χ1v) is 16.5. The minimum Gasteiger partial charge on any atom is -0.493 e. The van der Waals surface area contributed by atoms with E-state index in [2.05, 4.69) is 10.6 Å². The van der Waals surface area contributed by atoms with Crippen LogP contribution in [-0.2, 0) is 26.0 Å². The predicted molar refractivity (Wildman–Crippen MR) is 184 cm³/mol. The number of carbonyl (C=O) groups excluding carboxylic acids is 1.